The highest BCUT2D eigenvalue weighted by molar-refractivity contribution is 7.80. The monoisotopic (exact) mass is 366 g/mol. The molecule has 0 saturated carbocycles. The summed E-state index contributed by atoms with van der Waals surface area (Å²) >= 11 is 5.01. The molecule has 3 rings (SSSR count). The molecule has 1 unspecified atom stereocenters. The average molecular weight is 366 g/mol. The summed E-state index contributed by atoms with van der Waals surface area (Å²) in [7, 11) is 0. The molecule has 0 radical (unpaired) electrons. The summed E-state index contributed by atoms with van der Waals surface area (Å²) in [5, 5.41) is 9.68. The molecule has 1 heterocycles. The van der Waals surface area contributed by atoms with Gasteiger partial charge in [-0.1, -0.05) is 49.4 Å². The van der Waals surface area contributed by atoms with Crippen LogP contribution in [0.4, 0.5) is 0 Å². The molecule has 2 aromatic rings. The van der Waals surface area contributed by atoms with Crippen molar-refractivity contribution in [3.63, 3.8) is 0 Å². The fourth-order valence-electron chi connectivity index (χ4n) is 2.89. The molecule has 26 heavy (non-hydrogen) atoms. The predicted octanol–water partition coefficient (Wildman–Crippen LogP) is 4.01. The van der Waals surface area contributed by atoms with Gasteiger partial charge in [0.25, 0.3) is 0 Å². The molecule has 0 spiro atoms. The van der Waals surface area contributed by atoms with Crippen LogP contribution >= 0.6 is 12.2 Å². The molecule has 5 heteroatoms. The second-order valence-corrected chi connectivity index (χ2v) is 6.72. The van der Waals surface area contributed by atoms with Crippen molar-refractivity contribution in [3.8, 4) is 5.75 Å². The molecule has 2 aromatic carbocycles. The minimum Gasteiger partial charge on any atom is -0.489 e. The average Bonchev–Trinajstić information content (AvgIpc) is 3.07. The van der Waals surface area contributed by atoms with E-state index in [2.05, 4.69) is 41.2 Å². The van der Waals surface area contributed by atoms with Crippen molar-refractivity contribution in [3.05, 3.63) is 65.7 Å². The van der Waals surface area contributed by atoms with Crippen molar-refractivity contribution in [1.82, 2.24) is 0 Å². The molecule has 0 aromatic heterocycles. The number of rotatable bonds is 8. The van der Waals surface area contributed by atoms with Gasteiger partial charge in [-0.15, -0.1) is 0 Å². The Morgan fingerprint density at radius 1 is 1.00 bits per heavy atom. The van der Waals surface area contributed by atoms with Gasteiger partial charge in [-0.25, -0.2) is 9.98 Å². The molecular weight excluding hydrogens is 344 g/mol. The first-order valence-corrected chi connectivity index (χ1v) is 9.13. The lowest BCUT2D eigenvalue weighted by molar-refractivity contribution is 0.306. The Kier molecular flexibility index (Phi) is 6.26. The van der Waals surface area contributed by atoms with Crippen molar-refractivity contribution in [2.75, 3.05) is 6.61 Å². The van der Waals surface area contributed by atoms with Crippen molar-refractivity contribution in [2.45, 2.75) is 26.4 Å². The second kappa shape index (κ2) is 8.83. The van der Waals surface area contributed by atoms with Crippen LogP contribution in [0.3, 0.4) is 0 Å². The zero-order valence-electron chi connectivity index (χ0n) is 14.8. The Morgan fingerprint density at radius 3 is 2.42 bits per heavy atom. The number of hydrogen-bond acceptors (Lipinski definition) is 3. The molecule has 1 atom stereocenters. The van der Waals surface area contributed by atoms with Crippen LogP contribution in [0.5, 0.6) is 5.75 Å². The lowest BCUT2D eigenvalue weighted by Crippen LogP contribution is -2.23. The first kappa shape index (κ1) is 18.4. The smallest absolute Gasteiger partial charge is 0.219 e. The van der Waals surface area contributed by atoms with Gasteiger partial charge in [-0.2, -0.15) is 0 Å². The number of aliphatic hydroxyl groups is 1. The Hall–Kier alpha value is -2.37. The van der Waals surface area contributed by atoms with Gasteiger partial charge in [0, 0.05) is 5.92 Å². The Labute approximate surface area is 159 Å². The van der Waals surface area contributed by atoms with Gasteiger partial charge in [-0.05, 0) is 48.3 Å². The van der Waals surface area contributed by atoms with Crippen LogP contribution < -0.4 is 4.74 Å². The minimum absolute atomic E-state index is 0.114. The fraction of sp³-hybridized carbons (Fsp3) is 0.286. The maximum atomic E-state index is 9.37. The maximum absolute atomic E-state index is 9.37. The summed E-state index contributed by atoms with van der Waals surface area (Å²) in [6, 6.07) is 18.3. The minimum atomic E-state index is -0.114. The van der Waals surface area contributed by atoms with E-state index in [0.29, 0.717) is 17.4 Å². The molecule has 1 aliphatic rings. The Morgan fingerprint density at radius 2 is 1.73 bits per heavy atom. The van der Waals surface area contributed by atoms with Crippen LogP contribution in [-0.2, 0) is 13.0 Å². The third kappa shape index (κ3) is 4.84. The molecule has 0 saturated heterocycles. The highest BCUT2D eigenvalue weighted by Gasteiger charge is 2.21. The van der Waals surface area contributed by atoms with Gasteiger partial charge < -0.3 is 9.84 Å². The van der Waals surface area contributed by atoms with Crippen molar-refractivity contribution < 1.29 is 9.84 Å². The SMILES string of the molecule is CC(CCc1ccc(OCc2ccccc2)cc1)C1=NC(=S)N=C1CO. The topological polar surface area (TPSA) is 54.2 Å². The third-order valence-electron chi connectivity index (χ3n) is 4.40. The van der Waals surface area contributed by atoms with Gasteiger partial charge in [-0.3, -0.25) is 0 Å². The first-order chi connectivity index (χ1) is 12.7. The van der Waals surface area contributed by atoms with Gasteiger partial charge in [0.2, 0.25) is 5.11 Å². The normalized spacial score (nSPS) is 14.8. The highest BCUT2D eigenvalue weighted by atomic mass is 32.1. The standard InChI is InChI=1S/C21H22N2O2S/c1-15(20-19(13-24)22-21(26)23-20)7-8-16-9-11-18(12-10-16)25-14-17-5-3-2-4-6-17/h2-6,9-12,15,24H,7-8,13-14H2,1H3. The van der Waals surface area contributed by atoms with E-state index in [0.717, 1.165) is 29.9 Å². The number of aliphatic imine (C=N–C) groups is 2. The molecule has 1 N–H and O–H groups in total. The number of benzene rings is 2. The summed E-state index contributed by atoms with van der Waals surface area (Å²) in [6.45, 7) is 2.55. The molecule has 1 aliphatic heterocycles. The van der Waals surface area contributed by atoms with E-state index in [-0.39, 0.29) is 12.5 Å². The molecule has 4 nitrogen and oxygen atoms in total. The van der Waals surface area contributed by atoms with E-state index in [9.17, 15) is 5.11 Å². The van der Waals surface area contributed by atoms with E-state index in [1.54, 1.807) is 0 Å². The van der Waals surface area contributed by atoms with Crippen molar-refractivity contribution in [2.24, 2.45) is 15.9 Å². The van der Waals surface area contributed by atoms with Crippen molar-refractivity contribution in [1.29, 1.82) is 0 Å². The number of ether oxygens (including phenoxy) is 1. The zero-order chi connectivity index (χ0) is 18.4. The van der Waals surface area contributed by atoms with Crippen LogP contribution in [-0.4, -0.2) is 28.2 Å². The summed E-state index contributed by atoms with van der Waals surface area (Å²) in [4.78, 5) is 8.38. The zero-order valence-corrected chi connectivity index (χ0v) is 15.6. The predicted molar refractivity (Wildman–Crippen MR) is 109 cm³/mol. The Balaban J connectivity index is 1.51. The molecular formula is C21H22N2O2S. The maximum Gasteiger partial charge on any atom is 0.219 e. The van der Waals surface area contributed by atoms with E-state index >= 15 is 0 Å². The van der Waals surface area contributed by atoms with E-state index in [1.807, 2.05) is 30.3 Å². The van der Waals surface area contributed by atoms with Crippen molar-refractivity contribution >= 4 is 28.8 Å². The molecule has 0 amide bonds. The number of thiocarbonyl (C=S) groups is 1. The van der Waals surface area contributed by atoms with Crippen LogP contribution in [0.2, 0.25) is 0 Å². The fourth-order valence-corrected chi connectivity index (χ4v) is 3.10. The third-order valence-corrected chi connectivity index (χ3v) is 4.58. The van der Waals surface area contributed by atoms with Crippen LogP contribution in [0.25, 0.3) is 0 Å². The van der Waals surface area contributed by atoms with Gasteiger partial charge in [0.15, 0.2) is 0 Å². The van der Waals surface area contributed by atoms with Gasteiger partial charge in [0.05, 0.1) is 18.0 Å². The molecule has 0 aliphatic carbocycles. The number of nitrogens with zero attached hydrogens (tertiary/aromatic N) is 2. The largest absolute Gasteiger partial charge is 0.489 e. The van der Waals surface area contributed by atoms with Crippen LogP contribution in [0.15, 0.2) is 64.6 Å². The van der Waals surface area contributed by atoms with E-state index in [1.165, 1.54) is 5.56 Å². The van der Waals surface area contributed by atoms with E-state index in [4.69, 9.17) is 17.0 Å². The van der Waals surface area contributed by atoms with Gasteiger partial charge >= 0.3 is 0 Å². The van der Waals surface area contributed by atoms with Crippen LogP contribution in [0.1, 0.15) is 24.5 Å². The number of aryl methyl sites for hydroxylation is 1. The first-order valence-electron chi connectivity index (χ1n) is 8.72. The highest BCUT2D eigenvalue weighted by Crippen LogP contribution is 2.19. The summed E-state index contributed by atoms with van der Waals surface area (Å²) < 4.78 is 5.82. The lowest BCUT2D eigenvalue weighted by atomic mass is 9.94. The molecule has 134 valence electrons. The summed E-state index contributed by atoms with van der Waals surface area (Å²) in [5.74, 6) is 1.07. The Bertz CT molecular complexity index is 814. The second-order valence-electron chi connectivity index (χ2n) is 6.35. The van der Waals surface area contributed by atoms with E-state index < -0.39 is 0 Å². The molecule has 0 bridgehead atoms. The summed E-state index contributed by atoms with van der Waals surface area (Å²) in [6.07, 6.45) is 1.84. The molecule has 0 fully saturated rings. The van der Waals surface area contributed by atoms with Crippen LogP contribution in [0, 0.1) is 5.92 Å². The number of hydrogen-bond donors (Lipinski definition) is 1. The number of aliphatic hydroxyl groups excluding tert-OH is 1. The lowest BCUT2D eigenvalue weighted by Gasteiger charge is -2.12. The van der Waals surface area contributed by atoms with Gasteiger partial charge in [0.1, 0.15) is 12.4 Å². The quantitative estimate of drug-likeness (QED) is 0.718. The summed E-state index contributed by atoms with van der Waals surface area (Å²) in [5.41, 5.74) is 3.82.